The molecule has 0 fully saturated rings. The minimum Gasteiger partial charge on any atom is -0.323 e. The van der Waals surface area contributed by atoms with Crippen molar-refractivity contribution < 1.29 is 4.79 Å². The molecule has 2 N–H and O–H groups in total. The molecule has 0 atom stereocenters. The summed E-state index contributed by atoms with van der Waals surface area (Å²) in [5.74, 6) is 0.404. The molecule has 0 radical (unpaired) electrons. The minimum absolute atomic E-state index is 0.125. The van der Waals surface area contributed by atoms with E-state index in [1.54, 1.807) is 6.20 Å². The first-order valence-electron chi connectivity index (χ1n) is 11.8. The molecule has 0 saturated carbocycles. The number of pyridine rings is 1. The second-order valence-electron chi connectivity index (χ2n) is 9.09. The molecule has 6 nitrogen and oxygen atoms in total. The summed E-state index contributed by atoms with van der Waals surface area (Å²) >= 11 is 0. The maximum Gasteiger partial charge on any atom is 0.255 e. The minimum atomic E-state index is -0.125. The maximum atomic E-state index is 12.8. The van der Waals surface area contributed by atoms with Crippen molar-refractivity contribution in [1.82, 2.24) is 15.0 Å². The Hall–Kier alpha value is -4.58. The third kappa shape index (κ3) is 4.93. The van der Waals surface area contributed by atoms with Crippen LogP contribution in [0.3, 0.4) is 0 Å². The summed E-state index contributed by atoms with van der Waals surface area (Å²) in [7, 11) is 0. The van der Waals surface area contributed by atoms with Crippen molar-refractivity contribution in [3.05, 3.63) is 107 Å². The Labute approximate surface area is 210 Å². The van der Waals surface area contributed by atoms with Crippen LogP contribution in [0, 0.1) is 27.7 Å². The van der Waals surface area contributed by atoms with Gasteiger partial charge < -0.3 is 10.6 Å². The van der Waals surface area contributed by atoms with Crippen LogP contribution in [0.2, 0.25) is 0 Å². The van der Waals surface area contributed by atoms with Gasteiger partial charge in [0.25, 0.3) is 5.91 Å². The highest BCUT2D eigenvalue weighted by molar-refractivity contribution is 6.04. The van der Waals surface area contributed by atoms with Gasteiger partial charge in [-0.25, -0.2) is 9.97 Å². The highest BCUT2D eigenvalue weighted by Gasteiger charge is 2.12. The van der Waals surface area contributed by atoms with Crippen LogP contribution in [0.25, 0.3) is 22.0 Å². The van der Waals surface area contributed by atoms with Gasteiger partial charge in [0.15, 0.2) is 0 Å². The SMILES string of the molecule is Cc1cccc(C(=O)Nc2ccc(C)c(-c3cc(C)c4nc(Nc5ccc(C)nc5)ncc4c3)c2)c1. The summed E-state index contributed by atoms with van der Waals surface area (Å²) < 4.78 is 0. The fourth-order valence-corrected chi connectivity index (χ4v) is 4.21. The van der Waals surface area contributed by atoms with E-state index in [2.05, 4.69) is 46.6 Å². The topological polar surface area (TPSA) is 79.8 Å². The van der Waals surface area contributed by atoms with E-state index in [9.17, 15) is 4.79 Å². The molecule has 5 aromatic rings. The van der Waals surface area contributed by atoms with E-state index in [0.717, 1.165) is 55.8 Å². The quantitative estimate of drug-likeness (QED) is 0.290. The van der Waals surface area contributed by atoms with E-state index in [0.29, 0.717) is 11.5 Å². The number of carbonyl (C=O) groups excluding carboxylic acids is 1. The molecule has 36 heavy (non-hydrogen) atoms. The van der Waals surface area contributed by atoms with Crippen LogP contribution in [-0.2, 0) is 0 Å². The monoisotopic (exact) mass is 473 g/mol. The van der Waals surface area contributed by atoms with Gasteiger partial charge >= 0.3 is 0 Å². The fraction of sp³-hybridized carbons (Fsp3) is 0.133. The molecule has 3 aromatic carbocycles. The van der Waals surface area contributed by atoms with E-state index in [4.69, 9.17) is 4.98 Å². The number of hydrogen-bond acceptors (Lipinski definition) is 5. The zero-order chi connectivity index (χ0) is 25.2. The molecular formula is C30H27N5O. The Kier molecular flexibility index (Phi) is 6.17. The number of hydrogen-bond donors (Lipinski definition) is 2. The number of aromatic nitrogens is 3. The van der Waals surface area contributed by atoms with Crippen LogP contribution in [0.15, 0.2) is 79.1 Å². The highest BCUT2D eigenvalue weighted by Crippen LogP contribution is 2.31. The fourth-order valence-electron chi connectivity index (χ4n) is 4.21. The number of rotatable bonds is 5. The molecule has 1 amide bonds. The van der Waals surface area contributed by atoms with Gasteiger partial charge in [0.1, 0.15) is 0 Å². The van der Waals surface area contributed by atoms with Gasteiger partial charge in [0.2, 0.25) is 5.95 Å². The first kappa shape index (κ1) is 23.2. The third-order valence-electron chi connectivity index (χ3n) is 6.13. The van der Waals surface area contributed by atoms with Crippen LogP contribution < -0.4 is 10.6 Å². The average Bonchev–Trinajstić information content (AvgIpc) is 2.87. The number of benzene rings is 3. The lowest BCUT2D eigenvalue weighted by Crippen LogP contribution is -2.12. The summed E-state index contributed by atoms with van der Waals surface area (Å²) in [6.07, 6.45) is 3.60. The van der Waals surface area contributed by atoms with Crippen molar-refractivity contribution in [1.29, 1.82) is 0 Å². The predicted octanol–water partition coefficient (Wildman–Crippen LogP) is 6.92. The van der Waals surface area contributed by atoms with Gasteiger partial charge in [0, 0.05) is 28.5 Å². The molecule has 0 saturated heterocycles. The standard InChI is InChI=1S/C30H27N5O/c1-18-6-5-7-22(12-18)29(36)33-25-10-8-19(2)27(15-25)23-13-20(3)28-24(14-23)16-32-30(35-28)34-26-11-9-21(4)31-17-26/h5-17H,1-4H3,(H,33,36)(H,32,34,35). The first-order valence-corrected chi connectivity index (χ1v) is 11.8. The molecular weight excluding hydrogens is 446 g/mol. The molecule has 0 aliphatic carbocycles. The maximum absolute atomic E-state index is 12.8. The molecule has 178 valence electrons. The second kappa shape index (κ2) is 9.58. The van der Waals surface area contributed by atoms with Crippen LogP contribution in [0.1, 0.15) is 32.7 Å². The Morgan fingerprint density at radius 2 is 1.61 bits per heavy atom. The number of nitrogens with one attached hydrogen (secondary N) is 2. The summed E-state index contributed by atoms with van der Waals surface area (Å²) in [5, 5.41) is 7.21. The molecule has 5 rings (SSSR count). The summed E-state index contributed by atoms with van der Waals surface area (Å²) in [5.41, 5.74) is 9.40. The molecule has 0 bridgehead atoms. The van der Waals surface area contributed by atoms with Gasteiger partial charge in [-0.3, -0.25) is 9.78 Å². The van der Waals surface area contributed by atoms with E-state index in [1.807, 2.05) is 74.6 Å². The number of aryl methyl sites for hydroxylation is 4. The highest BCUT2D eigenvalue weighted by atomic mass is 16.1. The molecule has 6 heteroatoms. The summed E-state index contributed by atoms with van der Waals surface area (Å²) in [6.45, 7) is 8.05. The normalized spacial score (nSPS) is 10.9. The van der Waals surface area contributed by atoms with Gasteiger partial charge in [0.05, 0.1) is 17.4 Å². The first-order chi connectivity index (χ1) is 17.4. The smallest absolute Gasteiger partial charge is 0.255 e. The van der Waals surface area contributed by atoms with E-state index < -0.39 is 0 Å². The number of amides is 1. The van der Waals surface area contributed by atoms with Crippen LogP contribution >= 0.6 is 0 Å². The van der Waals surface area contributed by atoms with E-state index in [1.165, 1.54) is 0 Å². The van der Waals surface area contributed by atoms with Gasteiger partial charge in [-0.15, -0.1) is 0 Å². The predicted molar refractivity (Wildman–Crippen MR) is 146 cm³/mol. The lowest BCUT2D eigenvalue weighted by atomic mass is 9.96. The number of anilines is 3. The van der Waals surface area contributed by atoms with Gasteiger partial charge in [-0.05, 0) is 98.5 Å². The van der Waals surface area contributed by atoms with Crippen LogP contribution in [0.4, 0.5) is 17.3 Å². The van der Waals surface area contributed by atoms with Crippen LogP contribution in [0.5, 0.6) is 0 Å². The number of carbonyl (C=O) groups is 1. The molecule has 0 aliphatic rings. The van der Waals surface area contributed by atoms with Crippen molar-refractivity contribution in [2.75, 3.05) is 10.6 Å². The van der Waals surface area contributed by atoms with Crippen molar-refractivity contribution in [2.24, 2.45) is 0 Å². The van der Waals surface area contributed by atoms with Crippen molar-refractivity contribution in [3.63, 3.8) is 0 Å². The largest absolute Gasteiger partial charge is 0.323 e. The van der Waals surface area contributed by atoms with E-state index >= 15 is 0 Å². The molecule has 0 aliphatic heterocycles. The zero-order valence-electron chi connectivity index (χ0n) is 20.8. The van der Waals surface area contributed by atoms with Crippen LogP contribution in [-0.4, -0.2) is 20.9 Å². The summed E-state index contributed by atoms with van der Waals surface area (Å²) in [4.78, 5) is 26.3. The third-order valence-corrected chi connectivity index (χ3v) is 6.13. The van der Waals surface area contributed by atoms with Crippen molar-refractivity contribution in [2.45, 2.75) is 27.7 Å². The molecule has 2 aromatic heterocycles. The van der Waals surface area contributed by atoms with Gasteiger partial charge in [-0.2, -0.15) is 0 Å². The lowest BCUT2D eigenvalue weighted by molar-refractivity contribution is 0.102. The Bertz CT molecular complexity index is 1590. The summed E-state index contributed by atoms with van der Waals surface area (Å²) in [6, 6.07) is 21.7. The molecule has 0 unspecified atom stereocenters. The molecule has 2 heterocycles. The Morgan fingerprint density at radius 1 is 0.778 bits per heavy atom. The number of fused-ring (bicyclic) bond motifs is 1. The Balaban J connectivity index is 1.44. The molecule has 0 spiro atoms. The average molecular weight is 474 g/mol. The van der Waals surface area contributed by atoms with Crippen molar-refractivity contribution >= 4 is 34.1 Å². The zero-order valence-corrected chi connectivity index (χ0v) is 20.8. The lowest BCUT2D eigenvalue weighted by Gasteiger charge is -2.13. The second-order valence-corrected chi connectivity index (χ2v) is 9.09. The van der Waals surface area contributed by atoms with Gasteiger partial charge in [-0.1, -0.05) is 23.8 Å². The van der Waals surface area contributed by atoms with Crippen molar-refractivity contribution in [3.8, 4) is 11.1 Å². The number of nitrogens with zero attached hydrogens (tertiary/aromatic N) is 3. The van der Waals surface area contributed by atoms with E-state index in [-0.39, 0.29) is 5.91 Å². The Morgan fingerprint density at radius 3 is 2.39 bits per heavy atom.